The van der Waals surface area contributed by atoms with Crippen LogP contribution in [-0.4, -0.2) is 40.5 Å². The minimum absolute atomic E-state index is 0.185. The summed E-state index contributed by atoms with van der Waals surface area (Å²) < 4.78 is 13.7. The quantitative estimate of drug-likeness (QED) is 0.402. The molecule has 0 fully saturated rings. The Kier molecular flexibility index (Phi) is 6.52. The third kappa shape index (κ3) is 4.50. The molecule has 0 aliphatic rings. The highest BCUT2D eigenvalue weighted by Gasteiger charge is 2.20. The van der Waals surface area contributed by atoms with Gasteiger partial charge in [-0.3, -0.25) is 14.2 Å². The van der Waals surface area contributed by atoms with Crippen LogP contribution >= 0.6 is 23.1 Å². The number of ether oxygens (including phenoxy) is 2. The molecule has 0 bridgehead atoms. The van der Waals surface area contributed by atoms with Crippen molar-refractivity contribution in [1.82, 2.24) is 14.1 Å². The molecule has 0 atom stereocenters. The smallest absolute Gasteiger partial charge is 0.337 e. The molecule has 4 rings (SSSR count). The summed E-state index contributed by atoms with van der Waals surface area (Å²) in [5.74, 6) is 0.544. The Bertz CT molecular complexity index is 1420. The van der Waals surface area contributed by atoms with E-state index in [0.717, 1.165) is 4.57 Å². The minimum atomic E-state index is -0.643. The first-order valence-corrected chi connectivity index (χ1v) is 11.8. The number of para-hydroxylation sites is 1. The van der Waals surface area contributed by atoms with Gasteiger partial charge in [-0.1, -0.05) is 30.0 Å². The Labute approximate surface area is 196 Å². The Morgan fingerprint density at radius 3 is 2.36 bits per heavy atom. The molecule has 1 amide bonds. The van der Waals surface area contributed by atoms with E-state index in [1.165, 1.54) is 41.9 Å². The summed E-state index contributed by atoms with van der Waals surface area (Å²) in [5, 5.41) is 2.75. The number of rotatable bonds is 7. The van der Waals surface area contributed by atoms with Gasteiger partial charge in [-0.2, -0.15) is 0 Å². The first-order valence-electron chi connectivity index (χ1n) is 9.74. The molecule has 2 aromatic carbocycles. The lowest BCUT2D eigenvalue weighted by Gasteiger charge is -2.13. The highest BCUT2D eigenvalue weighted by atomic mass is 32.2. The summed E-state index contributed by atoms with van der Waals surface area (Å²) in [6.07, 6.45) is 1.83. The average molecular weight is 485 g/mol. The van der Waals surface area contributed by atoms with Crippen molar-refractivity contribution in [2.75, 3.05) is 25.8 Å². The van der Waals surface area contributed by atoms with Crippen molar-refractivity contribution >= 4 is 45.0 Å². The summed E-state index contributed by atoms with van der Waals surface area (Å²) >= 11 is 2.56. The summed E-state index contributed by atoms with van der Waals surface area (Å²) in [6, 6.07) is 13.5. The van der Waals surface area contributed by atoms with Crippen molar-refractivity contribution in [2.24, 2.45) is 0 Å². The number of methoxy groups -OCH3 is 2. The van der Waals surface area contributed by atoms with Crippen LogP contribution in [0.5, 0.6) is 11.5 Å². The zero-order chi connectivity index (χ0) is 23.5. The predicted molar refractivity (Wildman–Crippen MR) is 129 cm³/mol. The second-order valence-electron chi connectivity index (χ2n) is 6.83. The lowest BCUT2D eigenvalue weighted by atomic mass is 10.2. The SMILES string of the molecule is COc1cc(NC(=O)Cn2c(=O)n(-c3ccccc3)c(=O)c3sc(SC)nc32)cc(OC)c1. The normalized spacial score (nSPS) is 10.9. The highest BCUT2D eigenvalue weighted by Crippen LogP contribution is 2.27. The number of thiazole rings is 1. The van der Waals surface area contributed by atoms with E-state index in [1.807, 2.05) is 6.26 Å². The number of amides is 1. The largest absolute Gasteiger partial charge is 0.497 e. The number of hydrogen-bond donors (Lipinski definition) is 1. The molecule has 0 aliphatic carbocycles. The molecule has 2 aromatic heterocycles. The summed E-state index contributed by atoms with van der Waals surface area (Å²) in [5.41, 5.74) is -0.0618. The molecular formula is C22H20N4O5S2. The number of benzene rings is 2. The van der Waals surface area contributed by atoms with Gasteiger partial charge in [0.25, 0.3) is 5.56 Å². The van der Waals surface area contributed by atoms with E-state index in [2.05, 4.69) is 10.3 Å². The maximum absolute atomic E-state index is 13.4. The van der Waals surface area contributed by atoms with Crippen LogP contribution in [0.2, 0.25) is 0 Å². The third-order valence-electron chi connectivity index (χ3n) is 4.79. The van der Waals surface area contributed by atoms with Crippen LogP contribution < -0.4 is 26.0 Å². The maximum Gasteiger partial charge on any atom is 0.337 e. The molecule has 11 heteroatoms. The van der Waals surface area contributed by atoms with E-state index in [4.69, 9.17) is 9.47 Å². The van der Waals surface area contributed by atoms with Crippen molar-refractivity contribution in [3.8, 4) is 17.2 Å². The first-order chi connectivity index (χ1) is 15.9. The van der Waals surface area contributed by atoms with Gasteiger partial charge in [-0.05, 0) is 18.4 Å². The Hall–Kier alpha value is -3.57. The van der Waals surface area contributed by atoms with Crippen LogP contribution in [-0.2, 0) is 11.3 Å². The van der Waals surface area contributed by atoms with Crippen molar-refractivity contribution in [3.63, 3.8) is 0 Å². The maximum atomic E-state index is 13.4. The van der Waals surface area contributed by atoms with Crippen LogP contribution in [0.1, 0.15) is 0 Å². The third-order valence-corrected chi connectivity index (χ3v) is 6.81. The molecule has 0 saturated heterocycles. The number of nitrogens with zero attached hydrogens (tertiary/aromatic N) is 3. The Morgan fingerprint density at radius 2 is 1.76 bits per heavy atom. The molecule has 0 radical (unpaired) electrons. The van der Waals surface area contributed by atoms with Crippen LogP contribution in [0.4, 0.5) is 5.69 Å². The second-order valence-corrected chi connectivity index (χ2v) is 8.88. The molecular weight excluding hydrogens is 464 g/mol. The number of nitrogens with one attached hydrogen (secondary N) is 1. The van der Waals surface area contributed by atoms with E-state index in [1.54, 1.807) is 48.5 Å². The van der Waals surface area contributed by atoms with Crippen molar-refractivity contribution in [3.05, 3.63) is 69.4 Å². The van der Waals surface area contributed by atoms with E-state index in [0.29, 0.717) is 31.9 Å². The fraction of sp³-hybridized carbons (Fsp3) is 0.182. The molecule has 0 spiro atoms. The van der Waals surface area contributed by atoms with Gasteiger partial charge < -0.3 is 14.8 Å². The van der Waals surface area contributed by atoms with Crippen molar-refractivity contribution in [1.29, 1.82) is 0 Å². The van der Waals surface area contributed by atoms with Gasteiger partial charge >= 0.3 is 5.69 Å². The molecule has 2 heterocycles. The molecule has 9 nitrogen and oxygen atoms in total. The van der Waals surface area contributed by atoms with Crippen molar-refractivity contribution in [2.45, 2.75) is 10.9 Å². The lowest BCUT2D eigenvalue weighted by Crippen LogP contribution is -2.40. The van der Waals surface area contributed by atoms with Gasteiger partial charge in [-0.25, -0.2) is 14.3 Å². The molecule has 0 unspecified atom stereocenters. The fourth-order valence-electron chi connectivity index (χ4n) is 3.27. The number of fused-ring (bicyclic) bond motifs is 1. The average Bonchev–Trinajstić information content (AvgIpc) is 3.27. The second kappa shape index (κ2) is 9.51. The van der Waals surface area contributed by atoms with E-state index in [-0.39, 0.29) is 12.2 Å². The number of anilines is 1. The molecule has 0 aliphatic heterocycles. The molecule has 170 valence electrons. The molecule has 1 N–H and O–H groups in total. The Balaban J connectivity index is 1.79. The number of thioether (sulfide) groups is 1. The summed E-state index contributed by atoms with van der Waals surface area (Å²) in [7, 11) is 3.02. The van der Waals surface area contributed by atoms with Gasteiger partial charge in [0.2, 0.25) is 5.91 Å². The minimum Gasteiger partial charge on any atom is -0.497 e. The highest BCUT2D eigenvalue weighted by molar-refractivity contribution is 8.00. The van der Waals surface area contributed by atoms with Gasteiger partial charge in [0, 0.05) is 23.9 Å². The summed E-state index contributed by atoms with van der Waals surface area (Å²) in [6.45, 7) is -0.334. The van der Waals surface area contributed by atoms with Crippen LogP contribution in [0, 0.1) is 0 Å². The predicted octanol–water partition coefficient (Wildman–Crippen LogP) is 2.99. The topological polar surface area (TPSA) is 104 Å². The van der Waals surface area contributed by atoms with Crippen LogP contribution in [0.15, 0.2) is 62.5 Å². The van der Waals surface area contributed by atoms with Gasteiger partial charge in [0.15, 0.2) is 9.99 Å². The van der Waals surface area contributed by atoms with Crippen LogP contribution in [0.3, 0.4) is 0 Å². The van der Waals surface area contributed by atoms with E-state index in [9.17, 15) is 14.4 Å². The van der Waals surface area contributed by atoms with E-state index < -0.39 is 17.2 Å². The van der Waals surface area contributed by atoms with E-state index >= 15 is 0 Å². The van der Waals surface area contributed by atoms with Gasteiger partial charge in [0.05, 0.1) is 19.9 Å². The van der Waals surface area contributed by atoms with Crippen LogP contribution in [0.25, 0.3) is 16.0 Å². The number of aromatic nitrogens is 3. The molecule has 0 saturated carbocycles. The number of carbonyl (C=O) groups excluding carboxylic acids is 1. The monoisotopic (exact) mass is 484 g/mol. The van der Waals surface area contributed by atoms with Crippen molar-refractivity contribution < 1.29 is 14.3 Å². The lowest BCUT2D eigenvalue weighted by molar-refractivity contribution is -0.116. The van der Waals surface area contributed by atoms with Gasteiger partial charge in [-0.15, -0.1) is 11.3 Å². The van der Waals surface area contributed by atoms with Gasteiger partial charge in [0.1, 0.15) is 22.7 Å². The fourth-order valence-corrected chi connectivity index (χ4v) is 4.77. The molecule has 33 heavy (non-hydrogen) atoms. The zero-order valence-electron chi connectivity index (χ0n) is 18.0. The Morgan fingerprint density at radius 1 is 1.09 bits per heavy atom. The zero-order valence-corrected chi connectivity index (χ0v) is 19.7. The number of hydrogen-bond acceptors (Lipinski definition) is 8. The first kappa shape index (κ1) is 22.6. The number of carbonyl (C=O) groups is 1. The standard InChI is InChI=1S/C22H20N4O5S2/c1-30-15-9-13(10-16(11-15)31-2)23-17(27)12-25-19-18(33-21(24-19)32-3)20(28)26(22(25)29)14-7-5-4-6-8-14/h4-11H,12H2,1-3H3,(H,23,27). The molecule has 4 aromatic rings. The summed E-state index contributed by atoms with van der Waals surface area (Å²) in [4.78, 5) is 43.8.